The lowest BCUT2D eigenvalue weighted by atomic mass is 9.80. The van der Waals surface area contributed by atoms with E-state index >= 15 is 0 Å². The molecule has 3 heteroatoms. The van der Waals surface area contributed by atoms with Crippen molar-refractivity contribution in [2.45, 2.75) is 46.6 Å². The molecule has 0 radical (unpaired) electrons. The average Bonchev–Trinajstić information content (AvgIpc) is 2.15. The molecule has 0 aromatic carbocycles. The average molecular weight is 237 g/mol. The Morgan fingerprint density at radius 1 is 1.35 bits per heavy atom. The molecular weight excluding hydrogens is 210 g/mol. The third-order valence-corrected chi connectivity index (χ3v) is 3.30. The van der Waals surface area contributed by atoms with Crippen molar-refractivity contribution in [1.29, 1.82) is 5.26 Å². The topological polar surface area (TPSA) is 39.1 Å². The molecule has 0 aliphatic carbocycles. The van der Waals surface area contributed by atoms with Crippen LogP contribution < -0.4 is 5.32 Å². The molecule has 98 valence electrons. The van der Waals surface area contributed by atoms with Crippen molar-refractivity contribution in [3.05, 3.63) is 0 Å². The molecule has 2 atom stereocenters. The Labute approximate surface area is 106 Å². The van der Waals surface area contributed by atoms with Gasteiger partial charge in [-0.3, -0.25) is 4.90 Å². The van der Waals surface area contributed by atoms with Crippen LogP contribution in [0.1, 0.15) is 40.5 Å². The second-order valence-corrected chi connectivity index (χ2v) is 6.47. The molecule has 1 rings (SSSR count). The molecule has 1 N–H and O–H groups in total. The molecule has 0 spiro atoms. The van der Waals surface area contributed by atoms with Crippen molar-refractivity contribution in [1.82, 2.24) is 10.2 Å². The zero-order chi connectivity index (χ0) is 12.9. The smallest absolute Gasteiger partial charge is 0.0866 e. The molecule has 1 heterocycles. The molecule has 0 bridgehead atoms. The predicted octanol–water partition coefficient (Wildman–Crippen LogP) is 2.25. The van der Waals surface area contributed by atoms with E-state index in [1.807, 2.05) is 0 Å². The summed E-state index contributed by atoms with van der Waals surface area (Å²) in [4.78, 5) is 2.30. The van der Waals surface area contributed by atoms with Crippen LogP contribution >= 0.6 is 0 Å². The van der Waals surface area contributed by atoms with E-state index in [-0.39, 0.29) is 0 Å². The molecule has 0 amide bonds. The van der Waals surface area contributed by atoms with Crippen LogP contribution in [0.3, 0.4) is 0 Å². The maximum absolute atomic E-state index is 8.84. The normalized spacial score (nSPS) is 26.8. The second kappa shape index (κ2) is 6.37. The molecule has 2 unspecified atom stereocenters. The lowest BCUT2D eigenvalue weighted by molar-refractivity contribution is 0.126. The molecule has 1 fully saturated rings. The number of piperidine rings is 1. The standard InChI is InChI=1S/C14H27N3/c1-5-16-13-8-12(9-14(2,3)4)10-17(11-13)7-6-15/h12-13,16H,5,7-11H2,1-4H3. The van der Waals surface area contributed by atoms with Gasteiger partial charge in [0.15, 0.2) is 0 Å². The van der Waals surface area contributed by atoms with Crippen LogP contribution in [0.5, 0.6) is 0 Å². The minimum atomic E-state index is 0.386. The molecule has 3 nitrogen and oxygen atoms in total. The predicted molar refractivity (Wildman–Crippen MR) is 71.7 cm³/mol. The fraction of sp³-hybridized carbons (Fsp3) is 0.929. The molecule has 0 saturated carbocycles. The van der Waals surface area contributed by atoms with Crippen molar-refractivity contribution < 1.29 is 0 Å². The highest BCUT2D eigenvalue weighted by Crippen LogP contribution is 2.30. The maximum Gasteiger partial charge on any atom is 0.0866 e. The van der Waals surface area contributed by atoms with E-state index in [0.717, 1.165) is 25.6 Å². The summed E-state index contributed by atoms with van der Waals surface area (Å²) in [6, 6.07) is 2.85. The van der Waals surface area contributed by atoms with E-state index in [1.165, 1.54) is 12.8 Å². The Bertz CT molecular complexity index is 262. The van der Waals surface area contributed by atoms with Crippen LogP contribution in [-0.4, -0.2) is 37.1 Å². The van der Waals surface area contributed by atoms with Crippen LogP contribution in [0.25, 0.3) is 0 Å². The van der Waals surface area contributed by atoms with Crippen LogP contribution in [0, 0.1) is 22.7 Å². The Hall–Kier alpha value is -0.590. The van der Waals surface area contributed by atoms with Crippen LogP contribution in [0.4, 0.5) is 0 Å². The lowest BCUT2D eigenvalue weighted by Crippen LogP contribution is -2.49. The van der Waals surface area contributed by atoms with Gasteiger partial charge in [0.1, 0.15) is 0 Å². The highest BCUT2D eigenvalue weighted by molar-refractivity contribution is 4.89. The SMILES string of the molecule is CCNC1CC(CC(C)(C)C)CN(CC#N)C1. The maximum atomic E-state index is 8.84. The van der Waals surface area contributed by atoms with Crippen molar-refractivity contribution in [2.24, 2.45) is 11.3 Å². The largest absolute Gasteiger partial charge is 0.313 e. The molecule has 1 aliphatic rings. The van der Waals surface area contributed by atoms with Gasteiger partial charge in [0.05, 0.1) is 12.6 Å². The van der Waals surface area contributed by atoms with Gasteiger partial charge >= 0.3 is 0 Å². The van der Waals surface area contributed by atoms with E-state index in [1.54, 1.807) is 0 Å². The van der Waals surface area contributed by atoms with E-state index in [2.05, 4.69) is 44.0 Å². The summed E-state index contributed by atoms with van der Waals surface area (Å²) < 4.78 is 0. The van der Waals surface area contributed by atoms with E-state index in [4.69, 9.17) is 5.26 Å². The highest BCUT2D eigenvalue weighted by atomic mass is 15.2. The first kappa shape index (κ1) is 14.5. The summed E-state index contributed by atoms with van der Waals surface area (Å²) in [6.07, 6.45) is 2.50. The van der Waals surface area contributed by atoms with Gasteiger partial charge in [0.2, 0.25) is 0 Å². The zero-order valence-electron chi connectivity index (χ0n) is 11.8. The summed E-state index contributed by atoms with van der Waals surface area (Å²) in [5, 5.41) is 12.4. The summed E-state index contributed by atoms with van der Waals surface area (Å²) >= 11 is 0. The number of nitriles is 1. The first-order chi connectivity index (χ1) is 7.94. The van der Waals surface area contributed by atoms with E-state index in [0.29, 0.717) is 18.0 Å². The fourth-order valence-corrected chi connectivity index (χ4v) is 2.98. The minimum absolute atomic E-state index is 0.386. The number of nitrogens with zero attached hydrogens (tertiary/aromatic N) is 2. The highest BCUT2D eigenvalue weighted by Gasteiger charge is 2.29. The van der Waals surface area contributed by atoms with Gasteiger partial charge in [0, 0.05) is 19.1 Å². The van der Waals surface area contributed by atoms with Gasteiger partial charge in [0.25, 0.3) is 0 Å². The number of hydrogen-bond donors (Lipinski definition) is 1. The Balaban J connectivity index is 2.55. The van der Waals surface area contributed by atoms with Gasteiger partial charge in [-0.2, -0.15) is 5.26 Å². The van der Waals surface area contributed by atoms with E-state index in [9.17, 15) is 0 Å². The van der Waals surface area contributed by atoms with Crippen molar-refractivity contribution >= 4 is 0 Å². The Morgan fingerprint density at radius 3 is 2.59 bits per heavy atom. The van der Waals surface area contributed by atoms with Gasteiger partial charge in [-0.05, 0) is 30.7 Å². The second-order valence-electron chi connectivity index (χ2n) is 6.47. The quantitative estimate of drug-likeness (QED) is 0.762. The van der Waals surface area contributed by atoms with Crippen molar-refractivity contribution in [3.8, 4) is 6.07 Å². The first-order valence-corrected chi connectivity index (χ1v) is 6.77. The monoisotopic (exact) mass is 237 g/mol. The van der Waals surface area contributed by atoms with Crippen LogP contribution in [0.15, 0.2) is 0 Å². The summed E-state index contributed by atoms with van der Waals surface area (Å²) in [6.45, 7) is 12.8. The third-order valence-electron chi connectivity index (χ3n) is 3.30. The molecule has 1 aliphatic heterocycles. The Morgan fingerprint density at radius 2 is 2.06 bits per heavy atom. The number of rotatable bonds is 4. The van der Waals surface area contributed by atoms with Crippen molar-refractivity contribution in [3.63, 3.8) is 0 Å². The molecule has 17 heavy (non-hydrogen) atoms. The number of hydrogen-bond acceptors (Lipinski definition) is 3. The van der Waals surface area contributed by atoms with Gasteiger partial charge in [-0.25, -0.2) is 0 Å². The lowest BCUT2D eigenvalue weighted by Gasteiger charge is -2.39. The summed E-state index contributed by atoms with van der Waals surface area (Å²) in [5.41, 5.74) is 0.386. The van der Waals surface area contributed by atoms with Gasteiger partial charge < -0.3 is 5.32 Å². The van der Waals surface area contributed by atoms with Crippen LogP contribution in [-0.2, 0) is 0 Å². The number of nitrogens with one attached hydrogen (secondary N) is 1. The van der Waals surface area contributed by atoms with Crippen LogP contribution in [0.2, 0.25) is 0 Å². The molecule has 0 aromatic heterocycles. The first-order valence-electron chi connectivity index (χ1n) is 6.77. The number of likely N-dealkylation sites (tertiary alicyclic amines) is 1. The van der Waals surface area contributed by atoms with Gasteiger partial charge in [-0.1, -0.05) is 27.7 Å². The third kappa shape index (κ3) is 5.52. The fourth-order valence-electron chi connectivity index (χ4n) is 2.98. The van der Waals surface area contributed by atoms with Gasteiger partial charge in [-0.15, -0.1) is 0 Å². The van der Waals surface area contributed by atoms with E-state index < -0.39 is 0 Å². The number of likely N-dealkylation sites (N-methyl/N-ethyl adjacent to an activating group) is 1. The molecule has 0 aromatic rings. The zero-order valence-corrected chi connectivity index (χ0v) is 11.8. The Kier molecular flexibility index (Phi) is 5.42. The summed E-state index contributed by atoms with van der Waals surface area (Å²) in [5.74, 6) is 0.723. The molecule has 1 saturated heterocycles. The minimum Gasteiger partial charge on any atom is -0.313 e. The summed E-state index contributed by atoms with van der Waals surface area (Å²) in [7, 11) is 0. The van der Waals surface area contributed by atoms with Crippen molar-refractivity contribution in [2.75, 3.05) is 26.2 Å². The molecular formula is C14H27N3.